The lowest BCUT2D eigenvalue weighted by atomic mass is 10.2. The fourth-order valence-corrected chi connectivity index (χ4v) is 1.03. The lowest BCUT2D eigenvalue weighted by Gasteiger charge is -1.96. The number of hydrogen-bond acceptors (Lipinski definition) is 3. The Labute approximate surface area is 64.0 Å². The van der Waals surface area contributed by atoms with Gasteiger partial charge < -0.3 is 9.84 Å². The number of aromatic nitrogens is 1. The summed E-state index contributed by atoms with van der Waals surface area (Å²) >= 11 is 0. The molecule has 0 aliphatic carbocycles. The molecule has 0 saturated heterocycles. The summed E-state index contributed by atoms with van der Waals surface area (Å²) in [5.41, 5.74) is 1.89. The van der Waals surface area contributed by atoms with E-state index in [-0.39, 0.29) is 0 Å². The number of nitrogens with one attached hydrogen (secondary N) is 1. The van der Waals surface area contributed by atoms with E-state index in [0.717, 1.165) is 16.7 Å². The molecule has 3 nitrogen and oxygen atoms in total. The first-order valence-electron chi connectivity index (χ1n) is 3.42. The van der Waals surface area contributed by atoms with E-state index in [9.17, 15) is 0 Å². The zero-order valence-electron chi connectivity index (χ0n) is 6.16. The predicted molar refractivity (Wildman–Crippen MR) is 43.6 cm³/mol. The maximum Gasteiger partial charge on any atom is 0.166 e. The Hall–Kier alpha value is -1.51. The van der Waals surface area contributed by atoms with Crippen molar-refractivity contribution in [1.82, 2.24) is 5.16 Å². The Balaban J connectivity index is 2.67. The van der Waals surface area contributed by atoms with E-state index in [4.69, 9.17) is 4.52 Å². The number of nitrogens with zero attached hydrogens (tertiary/aromatic N) is 1. The van der Waals surface area contributed by atoms with Crippen molar-refractivity contribution in [3.63, 3.8) is 0 Å². The van der Waals surface area contributed by atoms with Crippen LogP contribution in [0.2, 0.25) is 0 Å². The third-order valence-electron chi connectivity index (χ3n) is 1.64. The molecule has 0 fully saturated rings. The Morgan fingerprint density at radius 3 is 3.18 bits per heavy atom. The van der Waals surface area contributed by atoms with Crippen LogP contribution in [-0.4, -0.2) is 12.2 Å². The van der Waals surface area contributed by atoms with Gasteiger partial charge in [0, 0.05) is 18.1 Å². The Kier molecular flexibility index (Phi) is 1.28. The van der Waals surface area contributed by atoms with Crippen molar-refractivity contribution < 1.29 is 4.52 Å². The monoisotopic (exact) mass is 148 g/mol. The molecule has 0 saturated carbocycles. The van der Waals surface area contributed by atoms with Crippen LogP contribution in [0.25, 0.3) is 11.0 Å². The summed E-state index contributed by atoms with van der Waals surface area (Å²) in [4.78, 5) is 0. The normalized spacial score (nSPS) is 10.3. The molecule has 0 radical (unpaired) electrons. The van der Waals surface area contributed by atoms with E-state index in [0.29, 0.717) is 0 Å². The van der Waals surface area contributed by atoms with Gasteiger partial charge in [0.1, 0.15) is 0 Å². The summed E-state index contributed by atoms with van der Waals surface area (Å²) < 4.78 is 4.94. The highest BCUT2D eigenvalue weighted by Gasteiger charge is 1.97. The lowest BCUT2D eigenvalue weighted by Crippen LogP contribution is -1.85. The zero-order chi connectivity index (χ0) is 7.68. The van der Waals surface area contributed by atoms with Gasteiger partial charge in [-0.15, -0.1) is 0 Å². The fourth-order valence-electron chi connectivity index (χ4n) is 1.03. The van der Waals surface area contributed by atoms with Crippen LogP contribution in [0, 0.1) is 0 Å². The summed E-state index contributed by atoms with van der Waals surface area (Å²) in [6, 6.07) is 5.84. The maximum absolute atomic E-state index is 4.94. The Bertz CT molecular complexity index is 367. The Morgan fingerprint density at radius 1 is 1.45 bits per heavy atom. The van der Waals surface area contributed by atoms with E-state index in [1.54, 1.807) is 6.20 Å². The van der Waals surface area contributed by atoms with Crippen molar-refractivity contribution in [2.75, 3.05) is 12.4 Å². The molecule has 2 aromatic rings. The van der Waals surface area contributed by atoms with Gasteiger partial charge in [-0.3, -0.25) is 0 Å². The highest BCUT2D eigenvalue weighted by molar-refractivity contribution is 5.79. The van der Waals surface area contributed by atoms with Crippen molar-refractivity contribution in [2.24, 2.45) is 0 Å². The minimum Gasteiger partial charge on any atom is -0.388 e. The molecule has 1 aromatic heterocycles. The number of rotatable bonds is 1. The van der Waals surface area contributed by atoms with Crippen molar-refractivity contribution >= 4 is 16.7 Å². The average molecular weight is 148 g/mol. The average Bonchev–Trinajstić information content (AvgIpc) is 2.50. The number of benzene rings is 1. The fraction of sp³-hybridized carbons (Fsp3) is 0.125. The number of hydrogen-bond donors (Lipinski definition) is 1. The van der Waals surface area contributed by atoms with Crippen LogP contribution in [-0.2, 0) is 0 Å². The minimum absolute atomic E-state index is 0.823. The first-order valence-corrected chi connectivity index (χ1v) is 3.42. The first kappa shape index (κ1) is 6.22. The van der Waals surface area contributed by atoms with Crippen LogP contribution in [0.3, 0.4) is 0 Å². The first-order chi connectivity index (χ1) is 5.40. The molecule has 0 amide bonds. The van der Waals surface area contributed by atoms with Gasteiger partial charge in [0.05, 0.1) is 6.20 Å². The highest BCUT2D eigenvalue weighted by atomic mass is 16.5. The summed E-state index contributed by atoms with van der Waals surface area (Å²) in [5.74, 6) is 0. The van der Waals surface area contributed by atoms with E-state index in [1.807, 2.05) is 25.2 Å². The predicted octanol–water partition coefficient (Wildman–Crippen LogP) is 1.87. The molecule has 56 valence electrons. The van der Waals surface area contributed by atoms with Crippen molar-refractivity contribution in [1.29, 1.82) is 0 Å². The van der Waals surface area contributed by atoms with E-state index in [2.05, 4.69) is 10.5 Å². The maximum atomic E-state index is 4.94. The number of anilines is 1. The lowest BCUT2D eigenvalue weighted by molar-refractivity contribution is 0.456. The van der Waals surface area contributed by atoms with Crippen molar-refractivity contribution in [3.8, 4) is 0 Å². The third-order valence-corrected chi connectivity index (χ3v) is 1.64. The molecule has 1 N–H and O–H groups in total. The molecule has 0 spiro atoms. The van der Waals surface area contributed by atoms with Gasteiger partial charge in [0.25, 0.3) is 0 Å². The van der Waals surface area contributed by atoms with Crippen LogP contribution in [0.5, 0.6) is 0 Å². The molecule has 0 atom stereocenters. The van der Waals surface area contributed by atoms with E-state index < -0.39 is 0 Å². The molecular weight excluding hydrogens is 140 g/mol. The second kappa shape index (κ2) is 2.27. The summed E-state index contributed by atoms with van der Waals surface area (Å²) in [6.45, 7) is 0. The highest BCUT2D eigenvalue weighted by Crippen LogP contribution is 2.17. The molecular formula is C8H8N2O. The van der Waals surface area contributed by atoms with Crippen LogP contribution in [0.4, 0.5) is 5.69 Å². The molecule has 0 unspecified atom stereocenters. The van der Waals surface area contributed by atoms with Crippen molar-refractivity contribution in [2.45, 2.75) is 0 Å². The number of fused-ring (bicyclic) bond motifs is 1. The van der Waals surface area contributed by atoms with E-state index in [1.165, 1.54) is 0 Å². The van der Waals surface area contributed by atoms with Gasteiger partial charge in [0.2, 0.25) is 0 Å². The minimum atomic E-state index is 0.823. The van der Waals surface area contributed by atoms with Crippen LogP contribution >= 0.6 is 0 Å². The Morgan fingerprint density at radius 2 is 2.36 bits per heavy atom. The summed E-state index contributed by atoms with van der Waals surface area (Å²) in [5, 5.41) is 7.74. The smallest absolute Gasteiger partial charge is 0.166 e. The van der Waals surface area contributed by atoms with Crippen LogP contribution < -0.4 is 5.32 Å². The van der Waals surface area contributed by atoms with Crippen LogP contribution in [0.1, 0.15) is 0 Å². The molecule has 0 bridgehead atoms. The largest absolute Gasteiger partial charge is 0.388 e. The van der Waals surface area contributed by atoms with Crippen LogP contribution in [0.15, 0.2) is 28.9 Å². The molecule has 3 heteroatoms. The quantitative estimate of drug-likeness (QED) is 0.670. The molecule has 1 aromatic carbocycles. The van der Waals surface area contributed by atoms with Gasteiger partial charge in [-0.25, -0.2) is 0 Å². The molecule has 0 aliphatic heterocycles. The summed E-state index contributed by atoms with van der Waals surface area (Å²) in [7, 11) is 1.88. The topological polar surface area (TPSA) is 38.1 Å². The zero-order valence-corrected chi connectivity index (χ0v) is 6.16. The standard InChI is InChI=1S/C8H8N2O/c1-9-7-2-3-8-6(4-7)5-10-11-8/h2-5,9H,1H3. The summed E-state index contributed by atoms with van der Waals surface area (Å²) in [6.07, 6.45) is 1.70. The molecule has 1 heterocycles. The second-order valence-electron chi connectivity index (χ2n) is 2.33. The molecule has 2 rings (SSSR count). The molecule has 11 heavy (non-hydrogen) atoms. The van der Waals surface area contributed by atoms with E-state index >= 15 is 0 Å². The SMILES string of the molecule is CNc1ccc2oncc2c1. The van der Waals surface area contributed by atoms with Gasteiger partial charge in [-0.2, -0.15) is 0 Å². The molecule has 0 aliphatic rings. The van der Waals surface area contributed by atoms with Crippen molar-refractivity contribution in [3.05, 3.63) is 24.4 Å². The van der Waals surface area contributed by atoms with Gasteiger partial charge in [-0.1, -0.05) is 5.16 Å². The van der Waals surface area contributed by atoms with Gasteiger partial charge >= 0.3 is 0 Å². The second-order valence-corrected chi connectivity index (χ2v) is 2.33. The third kappa shape index (κ3) is 0.941. The van der Waals surface area contributed by atoms with Gasteiger partial charge in [-0.05, 0) is 18.2 Å². The van der Waals surface area contributed by atoms with Gasteiger partial charge in [0.15, 0.2) is 5.58 Å².